The summed E-state index contributed by atoms with van der Waals surface area (Å²) in [5, 5.41) is 0. The van der Waals surface area contributed by atoms with Crippen molar-refractivity contribution in [2.24, 2.45) is 0 Å². The molecule has 2 aromatic carbocycles. The molecule has 1 aliphatic heterocycles. The standard InChI is InChI=1S/C21H28N2O5S/c1-4-27-20-15-19(23-10-12-26-13-11-23)21(28-5-2)14-18(20)22-29(24,25)17-8-6-16(3)7-9-17/h6-9,14-15,22H,4-5,10-13H2,1-3H3. The van der Waals surface area contributed by atoms with Crippen LogP contribution in [0.1, 0.15) is 19.4 Å². The number of rotatable bonds is 8. The van der Waals surface area contributed by atoms with Gasteiger partial charge in [-0.05, 0) is 32.9 Å². The van der Waals surface area contributed by atoms with Gasteiger partial charge < -0.3 is 19.1 Å². The van der Waals surface area contributed by atoms with E-state index in [1.165, 1.54) is 0 Å². The van der Waals surface area contributed by atoms with E-state index in [4.69, 9.17) is 14.2 Å². The van der Waals surface area contributed by atoms with Crippen LogP contribution >= 0.6 is 0 Å². The van der Waals surface area contributed by atoms with Crippen molar-refractivity contribution in [2.45, 2.75) is 25.7 Å². The molecule has 0 radical (unpaired) electrons. The van der Waals surface area contributed by atoms with Gasteiger partial charge in [0.15, 0.2) is 0 Å². The van der Waals surface area contributed by atoms with Gasteiger partial charge in [-0.15, -0.1) is 0 Å². The van der Waals surface area contributed by atoms with E-state index < -0.39 is 10.0 Å². The van der Waals surface area contributed by atoms with Crippen LogP contribution in [0.3, 0.4) is 0 Å². The van der Waals surface area contributed by atoms with Crippen LogP contribution in [-0.4, -0.2) is 47.9 Å². The van der Waals surface area contributed by atoms with Crippen molar-refractivity contribution in [3.8, 4) is 11.5 Å². The van der Waals surface area contributed by atoms with Gasteiger partial charge >= 0.3 is 0 Å². The number of hydrogen-bond acceptors (Lipinski definition) is 6. The zero-order valence-electron chi connectivity index (χ0n) is 17.1. The topological polar surface area (TPSA) is 77.1 Å². The average Bonchev–Trinajstić information content (AvgIpc) is 2.71. The number of benzene rings is 2. The second-order valence-corrected chi connectivity index (χ2v) is 8.38. The predicted octanol–water partition coefficient (Wildman–Crippen LogP) is 3.43. The highest BCUT2D eigenvalue weighted by molar-refractivity contribution is 7.92. The van der Waals surface area contributed by atoms with Crippen molar-refractivity contribution >= 4 is 21.4 Å². The summed E-state index contributed by atoms with van der Waals surface area (Å²) in [6.45, 7) is 9.30. The fraction of sp³-hybridized carbons (Fsp3) is 0.429. The molecule has 0 unspecified atom stereocenters. The lowest BCUT2D eigenvalue weighted by Crippen LogP contribution is -2.36. The molecule has 1 aliphatic rings. The molecule has 2 aromatic rings. The zero-order valence-corrected chi connectivity index (χ0v) is 17.9. The van der Waals surface area contributed by atoms with Gasteiger partial charge in [-0.1, -0.05) is 17.7 Å². The molecule has 1 fully saturated rings. The highest BCUT2D eigenvalue weighted by Crippen LogP contribution is 2.40. The number of sulfonamides is 1. The first kappa shape index (κ1) is 21.3. The summed E-state index contributed by atoms with van der Waals surface area (Å²) in [5.74, 6) is 1.08. The molecule has 158 valence electrons. The molecule has 0 bridgehead atoms. The molecule has 0 aromatic heterocycles. The van der Waals surface area contributed by atoms with Crippen molar-refractivity contribution in [1.29, 1.82) is 0 Å². The predicted molar refractivity (Wildman–Crippen MR) is 114 cm³/mol. The molecular formula is C21H28N2O5S. The Morgan fingerprint density at radius 3 is 2.24 bits per heavy atom. The molecule has 7 nitrogen and oxygen atoms in total. The van der Waals surface area contributed by atoms with Crippen LogP contribution in [0.2, 0.25) is 0 Å². The van der Waals surface area contributed by atoms with E-state index in [-0.39, 0.29) is 4.90 Å². The summed E-state index contributed by atoms with van der Waals surface area (Å²) in [6.07, 6.45) is 0. The molecule has 3 rings (SSSR count). The van der Waals surface area contributed by atoms with E-state index in [1.807, 2.05) is 26.8 Å². The minimum Gasteiger partial charge on any atom is -0.492 e. The van der Waals surface area contributed by atoms with Gasteiger partial charge in [0.2, 0.25) is 0 Å². The van der Waals surface area contributed by atoms with Gasteiger partial charge in [-0.3, -0.25) is 4.72 Å². The van der Waals surface area contributed by atoms with E-state index in [0.717, 1.165) is 24.3 Å². The van der Waals surface area contributed by atoms with Crippen molar-refractivity contribution in [3.63, 3.8) is 0 Å². The summed E-state index contributed by atoms with van der Waals surface area (Å²) in [5.41, 5.74) is 2.22. The Labute approximate surface area is 172 Å². The Morgan fingerprint density at radius 1 is 1.00 bits per heavy atom. The molecular weight excluding hydrogens is 392 g/mol. The number of nitrogens with one attached hydrogen (secondary N) is 1. The molecule has 8 heteroatoms. The van der Waals surface area contributed by atoms with E-state index >= 15 is 0 Å². The number of nitrogens with zero attached hydrogens (tertiary/aromatic N) is 1. The van der Waals surface area contributed by atoms with Gasteiger partial charge in [0.05, 0.1) is 42.7 Å². The zero-order chi connectivity index (χ0) is 20.9. The fourth-order valence-electron chi connectivity index (χ4n) is 3.15. The van der Waals surface area contributed by atoms with Crippen LogP contribution in [0.4, 0.5) is 11.4 Å². The van der Waals surface area contributed by atoms with Crippen LogP contribution in [0.5, 0.6) is 11.5 Å². The van der Waals surface area contributed by atoms with Gasteiger partial charge in [0.25, 0.3) is 10.0 Å². The Kier molecular flexibility index (Phi) is 6.87. The normalized spacial score (nSPS) is 14.5. The third kappa shape index (κ3) is 5.13. The van der Waals surface area contributed by atoms with Gasteiger partial charge in [-0.2, -0.15) is 0 Å². The summed E-state index contributed by atoms with van der Waals surface area (Å²) in [4.78, 5) is 2.36. The second kappa shape index (κ2) is 9.37. The van der Waals surface area contributed by atoms with Crippen molar-refractivity contribution in [3.05, 3.63) is 42.0 Å². The van der Waals surface area contributed by atoms with Gasteiger partial charge in [0.1, 0.15) is 11.5 Å². The number of aryl methyl sites for hydroxylation is 1. The molecule has 0 spiro atoms. The van der Waals surface area contributed by atoms with Crippen LogP contribution in [-0.2, 0) is 14.8 Å². The molecule has 1 N–H and O–H groups in total. The van der Waals surface area contributed by atoms with Gasteiger partial charge in [0, 0.05) is 25.2 Å². The third-order valence-corrected chi connectivity index (χ3v) is 5.97. The maximum absolute atomic E-state index is 12.9. The van der Waals surface area contributed by atoms with E-state index in [2.05, 4.69) is 9.62 Å². The lowest BCUT2D eigenvalue weighted by atomic mass is 10.2. The maximum atomic E-state index is 12.9. The van der Waals surface area contributed by atoms with Gasteiger partial charge in [-0.25, -0.2) is 8.42 Å². The Balaban J connectivity index is 2.00. The average molecular weight is 421 g/mol. The minimum absolute atomic E-state index is 0.195. The molecule has 0 amide bonds. The molecule has 0 aliphatic carbocycles. The first-order valence-corrected chi connectivity index (χ1v) is 11.3. The lowest BCUT2D eigenvalue weighted by molar-refractivity contribution is 0.122. The summed E-state index contributed by atoms with van der Waals surface area (Å²) < 4.78 is 45.5. The SMILES string of the molecule is CCOc1cc(N2CCOCC2)c(OCC)cc1NS(=O)(=O)c1ccc(C)cc1. The van der Waals surface area contributed by atoms with E-state index in [9.17, 15) is 8.42 Å². The smallest absolute Gasteiger partial charge is 0.262 e. The minimum atomic E-state index is -3.76. The van der Waals surface area contributed by atoms with Crippen LogP contribution < -0.4 is 19.1 Å². The van der Waals surface area contributed by atoms with Crippen molar-refractivity contribution in [1.82, 2.24) is 0 Å². The number of morpholine rings is 1. The summed E-state index contributed by atoms with van der Waals surface area (Å²) in [6, 6.07) is 10.3. The third-order valence-electron chi connectivity index (χ3n) is 4.59. The Morgan fingerprint density at radius 2 is 1.62 bits per heavy atom. The van der Waals surface area contributed by atoms with Crippen molar-refractivity contribution in [2.75, 3.05) is 49.1 Å². The number of ether oxygens (including phenoxy) is 3. The highest BCUT2D eigenvalue weighted by atomic mass is 32.2. The number of hydrogen-bond donors (Lipinski definition) is 1. The molecule has 0 atom stereocenters. The highest BCUT2D eigenvalue weighted by Gasteiger charge is 2.22. The Bertz CT molecular complexity index is 923. The molecule has 1 saturated heterocycles. The Hall–Kier alpha value is -2.45. The molecule has 29 heavy (non-hydrogen) atoms. The second-order valence-electron chi connectivity index (χ2n) is 6.70. The van der Waals surface area contributed by atoms with E-state index in [1.54, 1.807) is 30.3 Å². The first-order chi connectivity index (χ1) is 13.9. The molecule has 0 saturated carbocycles. The quantitative estimate of drug-likeness (QED) is 0.705. The number of anilines is 2. The van der Waals surface area contributed by atoms with Crippen molar-refractivity contribution < 1.29 is 22.6 Å². The van der Waals surface area contributed by atoms with Crippen LogP contribution in [0.25, 0.3) is 0 Å². The fourth-order valence-corrected chi connectivity index (χ4v) is 4.21. The monoisotopic (exact) mass is 420 g/mol. The summed E-state index contributed by atoms with van der Waals surface area (Å²) in [7, 11) is -3.76. The summed E-state index contributed by atoms with van der Waals surface area (Å²) >= 11 is 0. The first-order valence-electron chi connectivity index (χ1n) is 9.80. The lowest BCUT2D eigenvalue weighted by Gasteiger charge is -2.31. The molecule has 1 heterocycles. The van der Waals surface area contributed by atoms with E-state index in [0.29, 0.717) is 43.6 Å². The van der Waals surface area contributed by atoms with Crippen LogP contribution in [0, 0.1) is 6.92 Å². The van der Waals surface area contributed by atoms with Crippen LogP contribution in [0.15, 0.2) is 41.3 Å². The largest absolute Gasteiger partial charge is 0.492 e. The maximum Gasteiger partial charge on any atom is 0.262 e.